The van der Waals surface area contributed by atoms with Gasteiger partial charge in [-0.1, -0.05) is 25.3 Å². The van der Waals surface area contributed by atoms with Crippen LogP contribution in [0.2, 0.25) is 0 Å². The molecule has 29 heavy (non-hydrogen) atoms. The van der Waals surface area contributed by atoms with Gasteiger partial charge in [-0.3, -0.25) is 9.59 Å². The van der Waals surface area contributed by atoms with Crippen LogP contribution in [-0.4, -0.2) is 31.4 Å². The van der Waals surface area contributed by atoms with Crippen molar-refractivity contribution in [1.29, 1.82) is 0 Å². The summed E-state index contributed by atoms with van der Waals surface area (Å²) in [4.78, 5) is 26.7. The molecule has 0 aromatic heterocycles. The summed E-state index contributed by atoms with van der Waals surface area (Å²) in [6.07, 6.45) is 3.60. The molecule has 1 amide bonds. The summed E-state index contributed by atoms with van der Waals surface area (Å²) in [5.74, 6) is -0.272. The average Bonchev–Trinajstić information content (AvgIpc) is 2.73. The molecule has 0 aliphatic heterocycles. The van der Waals surface area contributed by atoms with Crippen molar-refractivity contribution in [3.8, 4) is 11.5 Å². The molecule has 1 saturated carbocycles. The molecule has 1 N–H and O–H groups in total. The molecule has 1 aliphatic rings. The Morgan fingerprint density at radius 2 is 1.66 bits per heavy atom. The van der Waals surface area contributed by atoms with E-state index in [0.29, 0.717) is 35.5 Å². The molecule has 0 radical (unpaired) electrons. The second-order valence-electron chi connectivity index (χ2n) is 7.40. The average molecular weight is 399 g/mol. The van der Waals surface area contributed by atoms with Gasteiger partial charge in [0.1, 0.15) is 22.9 Å². The number of nitrogens with one attached hydrogen (secondary N) is 1. The lowest BCUT2D eigenvalue weighted by Gasteiger charge is -2.37. The van der Waals surface area contributed by atoms with Gasteiger partial charge in [0.25, 0.3) is 5.91 Å². The molecule has 0 unspecified atom stereocenters. The summed E-state index contributed by atoms with van der Waals surface area (Å²) in [7, 11) is 2.99. The summed E-state index contributed by atoms with van der Waals surface area (Å²) in [6.45, 7) is 1.80. The number of benzene rings is 2. The highest BCUT2D eigenvalue weighted by Crippen LogP contribution is 2.35. The van der Waals surface area contributed by atoms with E-state index in [1.54, 1.807) is 32.2 Å². The SMILES string of the molecule is COc1ccc(F)cc1C(=O)C1(NC(=O)c2cccc(OC)c2C)CCCCC1. The number of Topliss-reactive ketones (excluding diaryl/α,β-unsaturated/α-hetero) is 1. The third-order valence-electron chi connectivity index (χ3n) is 5.65. The first kappa shape index (κ1) is 20.8. The predicted molar refractivity (Wildman–Crippen MR) is 108 cm³/mol. The fraction of sp³-hybridized carbons (Fsp3) is 0.391. The van der Waals surface area contributed by atoms with Crippen molar-refractivity contribution in [2.24, 2.45) is 0 Å². The predicted octanol–water partition coefficient (Wildman–Crippen LogP) is 4.47. The Morgan fingerprint density at radius 3 is 2.31 bits per heavy atom. The van der Waals surface area contributed by atoms with Crippen LogP contribution in [0.4, 0.5) is 4.39 Å². The normalized spacial score (nSPS) is 15.4. The molecule has 1 aliphatic carbocycles. The smallest absolute Gasteiger partial charge is 0.252 e. The lowest BCUT2D eigenvalue weighted by molar-refractivity contribution is 0.0711. The molecule has 0 spiro atoms. The maximum absolute atomic E-state index is 13.9. The fourth-order valence-corrected chi connectivity index (χ4v) is 4.05. The van der Waals surface area contributed by atoms with Crippen molar-refractivity contribution in [3.63, 3.8) is 0 Å². The second-order valence-corrected chi connectivity index (χ2v) is 7.40. The summed E-state index contributed by atoms with van der Waals surface area (Å²) in [6, 6.07) is 9.10. The van der Waals surface area contributed by atoms with Crippen molar-refractivity contribution in [1.82, 2.24) is 5.32 Å². The van der Waals surface area contributed by atoms with Crippen molar-refractivity contribution in [2.75, 3.05) is 14.2 Å². The van der Waals surface area contributed by atoms with Crippen LogP contribution in [0.1, 0.15) is 58.4 Å². The lowest BCUT2D eigenvalue weighted by Crippen LogP contribution is -2.55. The van der Waals surface area contributed by atoms with Crippen molar-refractivity contribution >= 4 is 11.7 Å². The highest BCUT2D eigenvalue weighted by Gasteiger charge is 2.42. The fourth-order valence-electron chi connectivity index (χ4n) is 4.05. The van der Waals surface area contributed by atoms with Gasteiger partial charge >= 0.3 is 0 Å². The molecule has 6 heteroatoms. The second kappa shape index (κ2) is 8.64. The maximum Gasteiger partial charge on any atom is 0.252 e. The van der Waals surface area contributed by atoms with Crippen LogP contribution in [0, 0.1) is 12.7 Å². The van der Waals surface area contributed by atoms with Crippen LogP contribution in [0.3, 0.4) is 0 Å². The number of halogens is 1. The van der Waals surface area contributed by atoms with Crippen molar-refractivity contribution in [2.45, 2.75) is 44.6 Å². The van der Waals surface area contributed by atoms with E-state index in [0.717, 1.165) is 19.3 Å². The summed E-state index contributed by atoms with van der Waals surface area (Å²) in [5.41, 5.74) is 0.214. The Balaban J connectivity index is 1.99. The zero-order chi connectivity index (χ0) is 21.0. The Labute approximate surface area is 170 Å². The molecule has 2 aromatic rings. The zero-order valence-electron chi connectivity index (χ0n) is 17.0. The number of amides is 1. The molecule has 5 nitrogen and oxygen atoms in total. The van der Waals surface area contributed by atoms with Gasteiger partial charge in [0, 0.05) is 11.1 Å². The Hall–Kier alpha value is -2.89. The largest absolute Gasteiger partial charge is 0.496 e. The number of rotatable bonds is 6. The topological polar surface area (TPSA) is 64.6 Å². The van der Waals surface area contributed by atoms with Gasteiger partial charge in [-0.2, -0.15) is 0 Å². The van der Waals surface area contributed by atoms with Crippen LogP contribution in [0.5, 0.6) is 11.5 Å². The van der Waals surface area contributed by atoms with Gasteiger partial charge in [-0.25, -0.2) is 4.39 Å². The third kappa shape index (κ3) is 4.11. The Bertz CT molecular complexity index is 919. The zero-order valence-corrected chi connectivity index (χ0v) is 17.0. The number of ketones is 1. The number of hydrogen-bond donors (Lipinski definition) is 1. The van der Waals surface area contributed by atoms with Crippen LogP contribution in [0.15, 0.2) is 36.4 Å². The summed E-state index contributed by atoms with van der Waals surface area (Å²) in [5, 5.41) is 2.99. The molecule has 0 heterocycles. The van der Waals surface area contributed by atoms with Gasteiger partial charge in [0.2, 0.25) is 0 Å². The van der Waals surface area contributed by atoms with E-state index in [1.807, 2.05) is 0 Å². The van der Waals surface area contributed by atoms with E-state index in [2.05, 4.69) is 5.32 Å². The van der Waals surface area contributed by atoms with Crippen LogP contribution in [-0.2, 0) is 0 Å². The maximum atomic E-state index is 13.9. The molecule has 3 rings (SSSR count). The molecule has 0 saturated heterocycles. The van der Waals surface area contributed by atoms with E-state index in [1.165, 1.54) is 25.3 Å². The Kier molecular flexibility index (Phi) is 6.20. The standard InChI is InChI=1S/C23H26FNO4/c1-15-17(8-7-9-19(15)28-2)22(27)25-23(12-5-4-6-13-23)21(26)18-14-16(24)10-11-20(18)29-3/h7-11,14H,4-6,12-13H2,1-3H3,(H,25,27). The molecule has 154 valence electrons. The number of carbonyl (C=O) groups excluding carboxylic acids is 2. The lowest BCUT2D eigenvalue weighted by atomic mass is 9.76. The summed E-state index contributed by atoms with van der Waals surface area (Å²) < 4.78 is 24.5. The molecule has 0 bridgehead atoms. The highest BCUT2D eigenvalue weighted by atomic mass is 19.1. The number of methoxy groups -OCH3 is 2. The molecular weight excluding hydrogens is 373 g/mol. The van der Waals surface area contributed by atoms with E-state index in [4.69, 9.17) is 9.47 Å². The van der Waals surface area contributed by atoms with Crippen molar-refractivity contribution in [3.05, 3.63) is 58.9 Å². The first-order valence-corrected chi connectivity index (χ1v) is 9.76. The first-order valence-electron chi connectivity index (χ1n) is 9.76. The number of ether oxygens (including phenoxy) is 2. The van der Waals surface area contributed by atoms with Gasteiger partial charge in [0.15, 0.2) is 5.78 Å². The van der Waals surface area contributed by atoms with E-state index in [9.17, 15) is 14.0 Å². The number of carbonyl (C=O) groups is 2. The van der Waals surface area contributed by atoms with Crippen LogP contribution >= 0.6 is 0 Å². The van der Waals surface area contributed by atoms with Crippen LogP contribution < -0.4 is 14.8 Å². The van der Waals surface area contributed by atoms with Gasteiger partial charge in [0.05, 0.1) is 19.8 Å². The van der Waals surface area contributed by atoms with Crippen LogP contribution in [0.25, 0.3) is 0 Å². The molecule has 1 fully saturated rings. The molecule has 0 atom stereocenters. The quantitative estimate of drug-likeness (QED) is 0.728. The summed E-state index contributed by atoms with van der Waals surface area (Å²) >= 11 is 0. The molecular formula is C23H26FNO4. The first-order chi connectivity index (χ1) is 13.9. The molecule has 2 aromatic carbocycles. The number of hydrogen-bond acceptors (Lipinski definition) is 4. The minimum absolute atomic E-state index is 0.150. The highest BCUT2D eigenvalue weighted by molar-refractivity contribution is 6.09. The van der Waals surface area contributed by atoms with Gasteiger partial charge in [-0.15, -0.1) is 0 Å². The third-order valence-corrected chi connectivity index (χ3v) is 5.65. The minimum atomic E-state index is -1.09. The van der Waals surface area contributed by atoms with E-state index < -0.39 is 11.4 Å². The van der Waals surface area contributed by atoms with E-state index >= 15 is 0 Å². The van der Waals surface area contributed by atoms with E-state index in [-0.39, 0.29) is 17.3 Å². The monoisotopic (exact) mass is 399 g/mol. The Morgan fingerprint density at radius 1 is 0.966 bits per heavy atom. The van der Waals surface area contributed by atoms with Gasteiger partial charge < -0.3 is 14.8 Å². The minimum Gasteiger partial charge on any atom is -0.496 e. The van der Waals surface area contributed by atoms with Gasteiger partial charge in [-0.05, 0) is 50.1 Å². The van der Waals surface area contributed by atoms with Crippen molar-refractivity contribution < 1.29 is 23.5 Å².